The average Bonchev–Trinajstić information content (AvgIpc) is 4.03. The van der Waals surface area contributed by atoms with Crippen molar-refractivity contribution in [3.8, 4) is 22.5 Å². The molecule has 0 fully saturated rings. The van der Waals surface area contributed by atoms with Crippen molar-refractivity contribution >= 4 is 85.1 Å². The molecule has 0 amide bonds. The fraction of sp³-hybridized carbons (Fsp3) is 0. The predicted octanol–water partition coefficient (Wildman–Crippen LogP) is 17.3. The van der Waals surface area contributed by atoms with E-state index in [0.29, 0.717) is 0 Å². The minimum Gasteiger partial charge on any atom is -0.309 e. The summed E-state index contributed by atoms with van der Waals surface area (Å²) in [6.45, 7) is 0. The van der Waals surface area contributed by atoms with Gasteiger partial charge in [0.05, 0.1) is 22.1 Å². The van der Waals surface area contributed by atoms with Crippen molar-refractivity contribution in [2.24, 2.45) is 0 Å². The van der Waals surface area contributed by atoms with Gasteiger partial charge >= 0.3 is 0 Å². The summed E-state index contributed by atoms with van der Waals surface area (Å²) in [5, 5.41) is 7.63. The summed E-state index contributed by atoms with van der Waals surface area (Å²) in [6.07, 6.45) is 0. The second-order valence-corrected chi connectivity index (χ2v) is 20.6. The van der Waals surface area contributed by atoms with Gasteiger partial charge < -0.3 is 9.13 Å². The van der Waals surface area contributed by atoms with Crippen molar-refractivity contribution in [3.63, 3.8) is 0 Å². The Morgan fingerprint density at radius 3 is 1.42 bits per heavy atom. The van der Waals surface area contributed by atoms with E-state index >= 15 is 0 Å². The Morgan fingerprint density at radius 2 is 0.766 bits per heavy atom. The van der Waals surface area contributed by atoms with Crippen molar-refractivity contribution in [3.05, 3.63) is 243 Å². The quantitative estimate of drug-likeness (QED) is 0.151. The van der Waals surface area contributed by atoms with Gasteiger partial charge in [0.25, 0.3) is 0 Å². The van der Waals surface area contributed by atoms with Crippen molar-refractivity contribution in [1.29, 1.82) is 0 Å². The van der Waals surface area contributed by atoms with Gasteiger partial charge in [-0.05, 0) is 108 Å². The Morgan fingerprint density at radius 1 is 0.297 bits per heavy atom. The number of hydrogen-bond donors (Lipinski definition) is 0. The number of thiophene rings is 1. The smallest absolute Gasteiger partial charge is 0.0542 e. The largest absolute Gasteiger partial charge is 0.309 e. The van der Waals surface area contributed by atoms with Gasteiger partial charge in [0, 0.05) is 72.7 Å². The molecular formula is C60H40N2S2. The van der Waals surface area contributed by atoms with E-state index in [1.807, 2.05) is 11.3 Å². The third-order valence-electron chi connectivity index (χ3n) is 13.0. The van der Waals surface area contributed by atoms with E-state index in [0.717, 1.165) is 11.4 Å². The van der Waals surface area contributed by atoms with Gasteiger partial charge in [-0.15, -0.1) is 21.4 Å². The van der Waals surface area contributed by atoms with Crippen LogP contribution in [-0.2, 0) is 0 Å². The molecule has 3 aromatic heterocycles. The minimum absolute atomic E-state index is 1.14. The highest BCUT2D eigenvalue weighted by molar-refractivity contribution is 8.34. The molecule has 0 spiro atoms. The monoisotopic (exact) mass is 852 g/mol. The molecule has 0 radical (unpaired) electrons. The molecular weight excluding hydrogens is 813 g/mol. The fourth-order valence-corrected chi connectivity index (χ4v) is 15.5. The molecule has 4 heteroatoms. The SMILES string of the molecule is c1ccc(S(c2ccccc2)(c2cccc(-c3cccc4c3sc3ccccc34)c2)c2cccc(-n3c4ccccc4c4cc(-n5c6ccccc6c6ccccc65)ccc43)c2)cc1. The van der Waals surface area contributed by atoms with Gasteiger partial charge in [-0.25, -0.2) is 0 Å². The number of aromatic nitrogens is 2. The molecule has 2 nitrogen and oxygen atoms in total. The summed E-state index contributed by atoms with van der Waals surface area (Å²) in [4.78, 5) is 5.19. The van der Waals surface area contributed by atoms with Crippen LogP contribution in [0.1, 0.15) is 0 Å². The topological polar surface area (TPSA) is 9.86 Å². The van der Waals surface area contributed by atoms with Crippen molar-refractivity contribution in [2.45, 2.75) is 19.6 Å². The van der Waals surface area contributed by atoms with Crippen LogP contribution in [0.5, 0.6) is 0 Å². The first-order chi connectivity index (χ1) is 31.8. The van der Waals surface area contributed by atoms with Crippen molar-refractivity contribution in [2.75, 3.05) is 0 Å². The lowest BCUT2D eigenvalue weighted by atomic mass is 10.0. The molecule has 0 bridgehead atoms. The molecule has 0 unspecified atom stereocenters. The lowest BCUT2D eigenvalue weighted by molar-refractivity contribution is 1.14. The third-order valence-corrected chi connectivity index (χ3v) is 18.1. The molecule has 0 saturated carbocycles. The van der Waals surface area contributed by atoms with E-state index < -0.39 is 10.0 Å². The predicted molar refractivity (Wildman–Crippen MR) is 273 cm³/mol. The molecule has 64 heavy (non-hydrogen) atoms. The van der Waals surface area contributed by atoms with Crippen LogP contribution >= 0.6 is 21.4 Å². The molecule has 0 aliphatic carbocycles. The van der Waals surface area contributed by atoms with Crippen LogP contribution in [0, 0.1) is 0 Å². The zero-order chi connectivity index (χ0) is 42.2. The van der Waals surface area contributed by atoms with Gasteiger partial charge in [0.15, 0.2) is 0 Å². The van der Waals surface area contributed by atoms with Crippen LogP contribution in [0.2, 0.25) is 0 Å². The molecule has 3 heterocycles. The van der Waals surface area contributed by atoms with Gasteiger partial charge in [-0.2, -0.15) is 0 Å². The number of hydrogen-bond acceptors (Lipinski definition) is 1. The Kier molecular flexibility index (Phi) is 8.52. The van der Waals surface area contributed by atoms with Gasteiger partial charge in [-0.3, -0.25) is 0 Å². The first kappa shape index (κ1) is 37.0. The summed E-state index contributed by atoms with van der Waals surface area (Å²) in [5.74, 6) is 0. The van der Waals surface area contributed by atoms with Gasteiger partial charge in [0.1, 0.15) is 0 Å². The van der Waals surface area contributed by atoms with Crippen molar-refractivity contribution < 1.29 is 0 Å². The molecule has 0 atom stereocenters. The summed E-state index contributed by atoms with van der Waals surface area (Å²) in [6, 6.07) is 90.3. The molecule has 0 aliphatic rings. The number of fused-ring (bicyclic) bond motifs is 9. The zero-order valence-electron chi connectivity index (χ0n) is 34.8. The second kappa shape index (κ2) is 14.7. The van der Waals surface area contributed by atoms with E-state index in [1.165, 1.54) is 94.5 Å². The summed E-state index contributed by atoms with van der Waals surface area (Å²) >= 11 is 1.89. The van der Waals surface area contributed by atoms with Crippen LogP contribution in [0.25, 0.3) is 86.3 Å². The van der Waals surface area contributed by atoms with Crippen LogP contribution in [-0.4, -0.2) is 9.13 Å². The Labute approximate surface area is 376 Å². The van der Waals surface area contributed by atoms with E-state index in [1.54, 1.807) is 0 Å². The molecule has 302 valence electrons. The summed E-state index contributed by atoms with van der Waals surface area (Å²) in [7, 11) is -2.03. The minimum atomic E-state index is -2.03. The Hall–Kier alpha value is -7.63. The maximum Gasteiger partial charge on any atom is 0.0542 e. The van der Waals surface area contributed by atoms with Gasteiger partial charge in [-0.1, -0.05) is 146 Å². The molecule has 0 saturated heterocycles. The second-order valence-electron chi connectivity index (χ2n) is 16.5. The van der Waals surface area contributed by atoms with Gasteiger partial charge in [0.2, 0.25) is 0 Å². The maximum atomic E-state index is 2.48. The van der Waals surface area contributed by atoms with Crippen LogP contribution < -0.4 is 0 Å². The normalized spacial score (nSPS) is 12.3. The van der Waals surface area contributed by atoms with Crippen molar-refractivity contribution in [1.82, 2.24) is 9.13 Å². The van der Waals surface area contributed by atoms with Crippen LogP contribution in [0.3, 0.4) is 0 Å². The van der Waals surface area contributed by atoms with E-state index in [9.17, 15) is 0 Å². The van der Waals surface area contributed by atoms with E-state index in [2.05, 4.69) is 252 Å². The summed E-state index contributed by atoms with van der Waals surface area (Å²) < 4.78 is 7.54. The number of rotatable bonds is 7. The first-order valence-electron chi connectivity index (χ1n) is 21.8. The molecule has 0 N–H and O–H groups in total. The highest BCUT2D eigenvalue weighted by Crippen LogP contribution is 2.74. The van der Waals surface area contributed by atoms with Crippen LogP contribution in [0.15, 0.2) is 262 Å². The zero-order valence-corrected chi connectivity index (χ0v) is 36.4. The fourth-order valence-electron chi connectivity index (χ4n) is 10.3. The highest BCUT2D eigenvalue weighted by Gasteiger charge is 2.34. The maximum absolute atomic E-state index is 2.48. The number of benzene rings is 10. The molecule has 13 aromatic rings. The third kappa shape index (κ3) is 5.53. The first-order valence-corrected chi connectivity index (χ1v) is 24.3. The number of para-hydroxylation sites is 3. The molecule has 10 aromatic carbocycles. The lowest BCUT2D eigenvalue weighted by Crippen LogP contribution is -2.06. The van der Waals surface area contributed by atoms with E-state index in [4.69, 9.17) is 0 Å². The summed E-state index contributed by atoms with van der Waals surface area (Å²) in [5.41, 5.74) is 9.60. The standard InChI is InChI=1S/C60H40N2S2/c1-3-20-44(21-4-1)64(45-22-5-2-6-23-45,46-24-15-18-41(38-46)48-30-17-31-53-52-29-10-14-35-59(52)63-60(48)53)47-25-16-19-42(39-47)61-57-34-13-9-28-51(57)54-40-43(36-37-58(54)61)62-55-32-11-7-26-49(55)50-27-8-12-33-56(50)62/h1-40H. The average molecular weight is 853 g/mol. The van der Waals surface area contributed by atoms with E-state index in [-0.39, 0.29) is 0 Å². The number of nitrogens with zero attached hydrogens (tertiary/aromatic N) is 2. The van der Waals surface area contributed by atoms with Crippen LogP contribution in [0.4, 0.5) is 0 Å². The molecule has 0 aliphatic heterocycles. The lowest BCUT2D eigenvalue weighted by Gasteiger charge is -2.42. The Balaban J connectivity index is 1.04. The highest BCUT2D eigenvalue weighted by atomic mass is 32.3. The molecule has 13 rings (SSSR count). The Bertz CT molecular complexity index is 3820.